The maximum Gasteiger partial charge on any atom is 0.143 e. The quantitative estimate of drug-likeness (QED) is 0.199. The Labute approximate surface area is 267 Å². The molecule has 9 rings (SSSR count). The van der Waals surface area contributed by atoms with Gasteiger partial charge in [0.1, 0.15) is 11.2 Å². The fourth-order valence-electron chi connectivity index (χ4n) is 6.78. The molecule has 1 heterocycles. The Morgan fingerprint density at radius 3 is 1.76 bits per heavy atom. The number of hydrogen-bond acceptors (Lipinski definition) is 2. The molecule has 0 radical (unpaired) electrons. The first-order valence-electron chi connectivity index (χ1n) is 15.7. The molecule has 0 fully saturated rings. The number of fused-ring (bicyclic) bond motifs is 6. The van der Waals surface area contributed by atoms with Gasteiger partial charge in [0.15, 0.2) is 0 Å². The molecule has 1 aromatic heterocycles. The summed E-state index contributed by atoms with van der Waals surface area (Å²) in [4.78, 5) is 2.31. The van der Waals surface area contributed by atoms with E-state index in [-0.39, 0.29) is 0 Å². The Morgan fingerprint density at radius 1 is 0.370 bits per heavy atom. The highest BCUT2D eigenvalue weighted by Gasteiger charge is 2.16. The molecule has 2 nitrogen and oxygen atoms in total. The Hall–Kier alpha value is -6.12. The standard InChI is InChI=1S/C44H29NO/c1-2-12-36(13-3-1)45(37-24-19-31(20-25-37)35-18-17-30-9-4-5-11-34(30)29-35)38-26-21-33(22-27-38)39-15-8-16-42-43(39)41-28-23-32-10-6-7-14-40(32)44(41)46-42/h1-29H. The summed E-state index contributed by atoms with van der Waals surface area (Å²) in [6.45, 7) is 0. The number of hydrogen-bond donors (Lipinski definition) is 0. The van der Waals surface area contributed by atoms with Crippen LogP contribution in [0.1, 0.15) is 0 Å². The third-order valence-electron chi connectivity index (χ3n) is 9.05. The van der Waals surface area contributed by atoms with Gasteiger partial charge in [0.05, 0.1) is 0 Å². The minimum Gasteiger partial charge on any atom is -0.455 e. The van der Waals surface area contributed by atoms with Crippen LogP contribution in [0.15, 0.2) is 180 Å². The molecule has 2 heteroatoms. The van der Waals surface area contributed by atoms with Gasteiger partial charge in [-0.25, -0.2) is 0 Å². The topological polar surface area (TPSA) is 16.4 Å². The van der Waals surface area contributed by atoms with Crippen LogP contribution in [0.3, 0.4) is 0 Å². The molecule has 0 N–H and O–H groups in total. The van der Waals surface area contributed by atoms with Crippen molar-refractivity contribution in [2.45, 2.75) is 0 Å². The zero-order valence-corrected chi connectivity index (χ0v) is 25.1. The third kappa shape index (κ3) is 4.43. The van der Waals surface area contributed by atoms with E-state index in [1.807, 2.05) is 0 Å². The van der Waals surface area contributed by atoms with E-state index in [0.29, 0.717) is 0 Å². The van der Waals surface area contributed by atoms with Gasteiger partial charge >= 0.3 is 0 Å². The molecule has 0 saturated carbocycles. The molecule has 0 atom stereocenters. The number of benzene rings is 8. The van der Waals surface area contributed by atoms with E-state index in [2.05, 4.69) is 181 Å². The first-order valence-corrected chi connectivity index (χ1v) is 15.7. The lowest BCUT2D eigenvalue weighted by Crippen LogP contribution is -2.09. The van der Waals surface area contributed by atoms with Crippen molar-refractivity contribution in [1.29, 1.82) is 0 Å². The van der Waals surface area contributed by atoms with Crippen LogP contribution in [-0.2, 0) is 0 Å². The molecule has 0 saturated heterocycles. The van der Waals surface area contributed by atoms with Gasteiger partial charge in [0.25, 0.3) is 0 Å². The Kier molecular flexibility index (Phi) is 6.17. The van der Waals surface area contributed by atoms with Crippen molar-refractivity contribution in [1.82, 2.24) is 0 Å². The fraction of sp³-hybridized carbons (Fsp3) is 0. The van der Waals surface area contributed by atoms with Crippen LogP contribution in [0.5, 0.6) is 0 Å². The molecule has 0 aliphatic rings. The lowest BCUT2D eigenvalue weighted by Gasteiger charge is -2.26. The largest absolute Gasteiger partial charge is 0.455 e. The van der Waals surface area contributed by atoms with Crippen molar-refractivity contribution in [3.05, 3.63) is 176 Å². The van der Waals surface area contributed by atoms with Crippen LogP contribution < -0.4 is 4.90 Å². The summed E-state index contributed by atoms with van der Waals surface area (Å²) in [6, 6.07) is 62.7. The number of para-hydroxylation sites is 1. The van der Waals surface area contributed by atoms with Crippen molar-refractivity contribution in [2.75, 3.05) is 4.90 Å². The summed E-state index contributed by atoms with van der Waals surface area (Å²) in [5.41, 5.74) is 9.92. The molecule has 46 heavy (non-hydrogen) atoms. The molecule has 9 aromatic rings. The molecular weight excluding hydrogens is 558 g/mol. The second kappa shape index (κ2) is 10.8. The highest BCUT2D eigenvalue weighted by molar-refractivity contribution is 6.19. The Morgan fingerprint density at radius 2 is 0.978 bits per heavy atom. The predicted molar refractivity (Wildman–Crippen MR) is 194 cm³/mol. The van der Waals surface area contributed by atoms with Crippen LogP contribution in [0.4, 0.5) is 17.1 Å². The maximum atomic E-state index is 6.46. The minimum atomic E-state index is 0.908. The molecule has 0 bridgehead atoms. The first kappa shape index (κ1) is 26.3. The van der Waals surface area contributed by atoms with Crippen LogP contribution in [0.2, 0.25) is 0 Å². The van der Waals surface area contributed by atoms with Crippen molar-refractivity contribution in [3.63, 3.8) is 0 Å². The van der Waals surface area contributed by atoms with E-state index in [4.69, 9.17) is 4.42 Å². The van der Waals surface area contributed by atoms with Crippen LogP contribution >= 0.6 is 0 Å². The first-order chi connectivity index (χ1) is 22.8. The Balaban J connectivity index is 1.11. The molecule has 0 spiro atoms. The van der Waals surface area contributed by atoms with Crippen LogP contribution in [0.25, 0.3) is 65.7 Å². The van der Waals surface area contributed by atoms with E-state index in [9.17, 15) is 0 Å². The van der Waals surface area contributed by atoms with Crippen molar-refractivity contribution >= 4 is 60.5 Å². The molecule has 0 aliphatic carbocycles. The number of anilines is 3. The molecule has 216 valence electrons. The average Bonchev–Trinajstić information content (AvgIpc) is 3.52. The van der Waals surface area contributed by atoms with Gasteiger partial charge in [0.2, 0.25) is 0 Å². The summed E-state index contributed by atoms with van der Waals surface area (Å²) in [7, 11) is 0. The Bertz CT molecular complexity index is 2510. The lowest BCUT2D eigenvalue weighted by atomic mass is 9.98. The van der Waals surface area contributed by atoms with E-state index >= 15 is 0 Å². The average molecular weight is 588 g/mol. The second-order valence-corrected chi connectivity index (χ2v) is 11.8. The molecule has 0 amide bonds. The predicted octanol–water partition coefficient (Wildman–Crippen LogP) is 12.7. The molecule has 8 aromatic carbocycles. The smallest absolute Gasteiger partial charge is 0.143 e. The maximum absolute atomic E-state index is 6.46. The van der Waals surface area contributed by atoms with Crippen molar-refractivity contribution < 1.29 is 4.42 Å². The van der Waals surface area contributed by atoms with Gasteiger partial charge in [0, 0.05) is 33.2 Å². The summed E-state index contributed by atoms with van der Waals surface area (Å²) in [5.74, 6) is 0. The summed E-state index contributed by atoms with van der Waals surface area (Å²) < 4.78 is 6.46. The highest BCUT2D eigenvalue weighted by Crippen LogP contribution is 2.41. The zero-order chi connectivity index (χ0) is 30.5. The van der Waals surface area contributed by atoms with Gasteiger partial charge in [-0.2, -0.15) is 0 Å². The highest BCUT2D eigenvalue weighted by atomic mass is 16.3. The normalized spacial score (nSPS) is 11.5. The van der Waals surface area contributed by atoms with Crippen LogP contribution in [-0.4, -0.2) is 0 Å². The van der Waals surface area contributed by atoms with Gasteiger partial charge in [-0.15, -0.1) is 0 Å². The minimum absolute atomic E-state index is 0.908. The number of rotatable bonds is 5. The van der Waals surface area contributed by atoms with E-state index in [1.54, 1.807) is 0 Å². The van der Waals surface area contributed by atoms with Gasteiger partial charge < -0.3 is 9.32 Å². The second-order valence-electron chi connectivity index (χ2n) is 11.8. The zero-order valence-electron chi connectivity index (χ0n) is 25.1. The third-order valence-corrected chi connectivity index (χ3v) is 9.05. The SMILES string of the molecule is c1ccc(N(c2ccc(-c3ccc4ccccc4c3)cc2)c2ccc(-c3cccc4oc5c6ccccc6ccc5c34)cc2)cc1. The summed E-state index contributed by atoms with van der Waals surface area (Å²) in [5, 5.41) is 7.13. The molecule has 0 unspecified atom stereocenters. The summed E-state index contributed by atoms with van der Waals surface area (Å²) >= 11 is 0. The molecular formula is C44H29NO. The van der Waals surface area contributed by atoms with Gasteiger partial charge in [-0.05, 0) is 93.0 Å². The van der Waals surface area contributed by atoms with Crippen LogP contribution in [0, 0.1) is 0 Å². The van der Waals surface area contributed by atoms with E-state index in [0.717, 1.165) is 50.0 Å². The van der Waals surface area contributed by atoms with Crippen molar-refractivity contribution in [3.8, 4) is 22.3 Å². The monoisotopic (exact) mass is 587 g/mol. The fourth-order valence-corrected chi connectivity index (χ4v) is 6.78. The number of furan rings is 1. The van der Waals surface area contributed by atoms with E-state index in [1.165, 1.54) is 32.8 Å². The van der Waals surface area contributed by atoms with Crippen molar-refractivity contribution in [2.24, 2.45) is 0 Å². The lowest BCUT2D eigenvalue weighted by molar-refractivity contribution is 0.673. The number of nitrogens with zero attached hydrogens (tertiary/aromatic N) is 1. The summed E-state index contributed by atoms with van der Waals surface area (Å²) in [6.07, 6.45) is 0. The molecule has 0 aliphatic heterocycles. The van der Waals surface area contributed by atoms with Gasteiger partial charge in [-0.3, -0.25) is 0 Å². The van der Waals surface area contributed by atoms with Gasteiger partial charge in [-0.1, -0.05) is 121 Å². The van der Waals surface area contributed by atoms with E-state index < -0.39 is 0 Å².